The molecule has 3 heterocycles. The zero-order valence-electron chi connectivity index (χ0n) is 18.1. The largest absolute Gasteiger partial charge is 0.473 e. The molecular weight excluding hydrogens is 378 g/mol. The monoisotopic (exact) mass is 409 g/mol. The van der Waals surface area contributed by atoms with Gasteiger partial charge in [-0.25, -0.2) is 0 Å². The van der Waals surface area contributed by atoms with Crippen LogP contribution in [0.3, 0.4) is 0 Å². The van der Waals surface area contributed by atoms with Crippen LogP contribution in [0.1, 0.15) is 40.0 Å². The second-order valence-corrected chi connectivity index (χ2v) is 10.1. The standard InChI is InChI=1S/C24H31N3O3/c1-24(2,3)8-9-27-13-17-10-19(11-18(17)14-27)30-23-7-5-20(25-26-23)16-4-6-21-22(12-16)29-15-28-21/h4-7,12,17-19H,8-11,13-15H2,1-3H3/t17-,18+,19+. The average molecular weight is 410 g/mol. The second-order valence-electron chi connectivity index (χ2n) is 10.1. The minimum Gasteiger partial charge on any atom is -0.473 e. The van der Waals surface area contributed by atoms with Crippen molar-refractivity contribution in [2.24, 2.45) is 17.3 Å². The van der Waals surface area contributed by atoms with E-state index in [2.05, 4.69) is 35.9 Å². The third kappa shape index (κ3) is 4.24. The number of ether oxygens (including phenoxy) is 3. The van der Waals surface area contributed by atoms with Gasteiger partial charge in [0.25, 0.3) is 0 Å². The summed E-state index contributed by atoms with van der Waals surface area (Å²) in [7, 11) is 0. The molecule has 160 valence electrons. The third-order valence-electron chi connectivity index (χ3n) is 6.56. The summed E-state index contributed by atoms with van der Waals surface area (Å²) >= 11 is 0. The second kappa shape index (κ2) is 7.73. The first kappa shape index (κ1) is 19.6. The summed E-state index contributed by atoms with van der Waals surface area (Å²) in [5.74, 6) is 3.67. The van der Waals surface area contributed by atoms with Gasteiger partial charge in [0.05, 0.1) is 5.69 Å². The van der Waals surface area contributed by atoms with E-state index in [9.17, 15) is 0 Å². The summed E-state index contributed by atoms with van der Waals surface area (Å²) in [5, 5.41) is 8.69. The maximum atomic E-state index is 6.19. The van der Waals surface area contributed by atoms with E-state index in [4.69, 9.17) is 14.2 Å². The molecule has 2 fully saturated rings. The Morgan fingerprint density at radius 1 is 1.00 bits per heavy atom. The first-order valence-corrected chi connectivity index (χ1v) is 11.1. The molecule has 0 amide bonds. The molecule has 0 unspecified atom stereocenters. The van der Waals surface area contributed by atoms with Crippen LogP contribution in [0.2, 0.25) is 0 Å². The quantitative estimate of drug-likeness (QED) is 0.730. The summed E-state index contributed by atoms with van der Waals surface area (Å²) in [6.07, 6.45) is 3.78. The zero-order valence-corrected chi connectivity index (χ0v) is 18.1. The predicted octanol–water partition coefficient (Wildman–Crippen LogP) is 4.40. The molecule has 0 N–H and O–H groups in total. The van der Waals surface area contributed by atoms with Gasteiger partial charge < -0.3 is 19.1 Å². The predicted molar refractivity (Wildman–Crippen MR) is 115 cm³/mol. The smallest absolute Gasteiger partial charge is 0.233 e. The molecule has 6 nitrogen and oxygen atoms in total. The lowest BCUT2D eigenvalue weighted by Gasteiger charge is -2.24. The average Bonchev–Trinajstić information content (AvgIpc) is 3.40. The fourth-order valence-electron chi connectivity index (χ4n) is 4.88. The lowest BCUT2D eigenvalue weighted by molar-refractivity contribution is 0.173. The summed E-state index contributed by atoms with van der Waals surface area (Å²) in [4.78, 5) is 2.65. The Hall–Kier alpha value is -2.34. The zero-order chi connectivity index (χ0) is 20.7. The molecule has 1 aromatic heterocycles. The van der Waals surface area contributed by atoms with E-state index in [0.717, 1.165) is 47.4 Å². The van der Waals surface area contributed by atoms with Gasteiger partial charge in [0.1, 0.15) is 6.10 Å². The fraction of sp³-hybridized carbons (Fsp3) is 0.583. The molecule has 6 heteroatoms. The number of fused-ring (bicyclic) bond motifs is 2. The number of likely N-dealkylation sites (tertiary alicyclic amines) is 1. The van der Waals surface area contributed by atoms with Gasteiger partial charge in [-0.1, -0.05) is 20.8 Å². The number of rotatable bonds is 5. The van der Waals surface area contributed by atoms with Gasteiger partial charge in [-0.3, -0.25) is 0 Å². The minimum atomic E-state index is 0.260. The Morgan fingerprint density at radius 3 is 2.47 bits per heavy atom. The highest BCUT2D eigenvalue weighted by Gasteiger charge is 2.41. The van der Waals surface area contributed by atoms with Crippen LogP contribution in [0, 0.1) is 17.3 Å². The summed E-state index contributed by atoms with van der Waals surface area (Å²) in [6.45, 7) is 10.9. The van der Waals surface area contributed by atoms with E-state index >= 15 is 0 Å². The van der Waals surface area contributed by atoms with Crippen molar-refractivity contribution in [1.82, 2.24) is 15.1 Å². The number of hydrogen-bond acceptors (Lipinski definition) is 6. The number of hydrogen-bond donors (Lipinski definition) is 0. The third-order valence-corrected chi connectivity index (χ3v) is 6.56. The molecule has 30 heavy (non-hydrogen) atoms. The van der Waals surface area contributed by atoms with Crippen molar-refractivity contribution in [3.63, 3.8) is 0 Å². The van der Waals surface area contributed by atoms with E-state index in [0.29, 0.717) is 11.3 Å². The molecule has 1 saturated carbocycles. The van der Waals surface area contributed by atoms with E-state index in [-0.39, 0.29) is 12.9 Å². The van der Waals surface area contributed by atoms with E-state index in [1.165, 1.54) is 26.1 Å². The highest BCUT2D eigenvalue weighted by molar-refractivity contribution is 5.64. The first-order chi connectivity index (χ1) is 14.4. The van der Waals surface area contributed by atoms with E-state index in [1.807, 2.05) is 30.3 Å². The Labute approximate surface area is 178 Å². The van der Waals surface area contributed by atoms with Crippen LogP contribution in [0.25, 0.3) is 11.3 Å². The van der Waals surface area contributed by atoms with Crippen LogP contribution < -0.4 is 14.2 Å². The van der Waals surface area contributed by atoms with E-state index < -0.39 is 0 Å². The number of aromatic nitrogens is 2. The van der Waals surface area contributed by atoms with Crippen molar-refractivity contribution in [3.8, 4) is 28.6 Å². The van der Waals surface area contributed by atoms with Crippen LogP contribution in [0.5, 0.6) is 17.4 Å². The van der Waals surface area contributed by atoms with Gasteiger partial charge in [-0.2, -0.15) is 0 Å². The topological polar surface area (TPSA) is 56.7 Å². The summed E-state index contributed by atoms with van der Waals surface area (Å²) in [5.41, 5.74) is 2.18. The van der Waals surface area contributed by atoms with Gasteiger partial charge in [0.15, 0.2) is 11.5 Å². The van der Waals surface area contributed by atoms with Gasteiger partial charge >= 0.3 is 0 Å². The van der Waals surface area contributed by atoms with Crippen LogP contribution >= 0.6 is 0 Å². The minimum absolute atomic E-state index is 0.260. The molecule has 2 aliphatic heterocycles. The molecule has 1 saturated heterocycles. The molecule has 1 aromatic carbocycles. The Balaban J connectivity index is 1.15. The SMILES string of the molecule is CC(C)(C)CCN1C[C@H]2C[C@H](Oc3ccc(-c4ccc5c(c4)OCO5)nn3)C[C@H]2C1. The van der Waals surface area contributed by atoms with Gasteiger partial charge in [-0.05, 0) is 67.3 Å². The maximum Gasteiger partial charge on any atom is 0.233 e. The van der Waals surface area contributed by atoms with Crippen molar-refractivity contribution in [2.45, 2.75) is 46.1 Å². The number of benzene rings is 1. The van der Waals surface area contributed by atoms with Crippen LogP contribution in [-0.2, 0) is 0 Å². The van der Waals surface area contributed by atoms with Crippen LogP contribution in [0.15, 0.2) is 30.3 Å². The van der Waals surface area contributed by atoms with Crippen molar-refractivity contribution in [3.05, 3.63) is 30.3 Å². The molecule has 5 rings (SSSR count). The Morgan fingerprint density at radius 2 is 1.77 bits per heavy atom. The molecule has 3 atom stereocenters. The van der Waals surface area contributed by atoms with Crippen molar-refractivity contribution in [2.75, 3.05) is 26.4 Å². The van der Waals surface area contributed by atoms with Gasteiger partial charge in [0, 0.05) is 24.7 Å². The Kier molecular flexibility index (Phi) is 5.05. The van der Waals surface area contributed by atoms with Crippen LogP contribution in [-0.4, -0.2) is 47.6 Å². The summed E-state index contributed by atoms with van der Waals surface area (Å²) < 4.78 is 17.0. The first-order valence-electron chi connectivity index (χ1n) is 11.1. The molecule has 0 radical (unpaired) electrons. The number of nitrogens with zero attached hydrogens (tertiary/aromatic N) is 3. The van der Waals surface area contributed by atoms with Crippen LogP contribution in [0.4, 0.5) is 0 Å². The molecule has 1 aliphatic carbocycles. The highest BCUT2D eigenvalue weighted by Crippen LogP contribution is 2.40. The normalized spacial score (nSPS) is 25.5. The molecule has 3 aliphatic rings. The van der Waals surface area contributed by atoms with Crippen molar-refractivity contribution < 1.29 is 14.2 Å². The fourth-order valence-corrected chi connectivity index (χ4v) is 4.88. The highest BCUT2D eigenvalue weighted by atomic mass is 16.7. The van der Waals surface area contributed by atoms with E-state index in [1.54, 1.807) is 0 Å². The lowest BCUT2D eigenvalue weighted by Crippen LogP contribution is -2.28. The molecule has 0 spiro atoms. The van der Waals surface area contributed by atoms with Gasteiger partial charge in [0.2, 0.25) is 12.7 Å². The van der Waals surface area contributed by atoms with Crippen molar-refractivity contribution >= 4 is 0 Å². The lowest BCUT2D eigenvalue weighted by atomic mass is 9.92. The maximum absolute atomic E-state index is 6.19. The molecular formula is C24H31N3O3. The summed E-state index contributed by atoms with van der Waals surface area (Å²) in [6, 6.07) is 9.71. The van der Waals surface area contributed by atoms with Crippen molar-refractivity contribution in [1.29, 1.82) is 0 Å². The van der Waals surface area contributed by atoms with Gasteiger partial charge in [-0.15, -0.1) is 10.2 Å². The molecule has 2 aromatic rings. The molecule has 0 bridgehead atoms. The Bertz CT molecular complexity index is 880.